The maximum absolute atomic E-state index is 12.4. The second kappa shape index (κ2) is 4.57. The van der Waals surface area contributed by atoms with Gasteiger partial charge in [-0.3, -0.25) is 4.79 Å². The standard InChI is InChI=1S/C17H24O5/c1-10(13(18)19)11(2)15-4-12-5-16(7-15,14(20)22-3)9-17(21,6-12)8-15/h12,21H,4-9H2,1-3H3,(H,18,19). The molecule has 4 aliphatic rings. The van der Waals surface area contributed by atoms with Crippen molar-refractivity contribution in [2.45, 2.75) is 58.0 Å². The van der Waals surface area contributed by atoms with Crippen LogP contribution in [0.1, 0.15) is 52.4 Å². The van der Waals surface area contributed by atoms with Gasteiger partial charge in [-0.25, -0.2) is 4.79 Å². The summed E-state index contributed by atoms with van der Waals surface area (Å²) >= 11 is 0. The Hall–Kier alpha value is -1.36. The molecule has 4 unspecified atom stereocenters. The number of rotatable bonds is 3. The highest BCUT2D eigenvalue weighted by Gasteiger charge is 2.66. The Morgan fingerprint density at radius 2 is 1.64 bits per heavy atom. The van der Waals surface area contributed by atoms with Gasteiger partial charge in [0.2, 0.25) is 0 Å². The average molecular weight is 308 g/mol. The fourth-order valence-electron chi connectivity index (χ4n) is 5.81. The largest absolute Gasteiger partial charge is 0.478 e. The maximum Gasteiger partial charge on any atom is 0.331 e. The molecule has 0 saturated heterocycles. The third-order valence-electron chi connectivity index (χ3n) is 6.34. The molecule has 4 rings (SSSR count). The quantitative estimate of drug-likeness (QED) is 0.617. The van der Waals surface area contributed by atoms with E-state index in [4.69, 9.17) is 4.74 Å². The van der Waals surface area contributed by atoms with Crippen LogP contribution in [0, 0.1) is 16.7 Å². The minimum absolute atomic E-state index is 0.250. The number of hydrogen-bond acceptors (Lipinski definition) is 4. The number of carboxylic acid groups (broad SMARTS) is 1. The van der Waals surface area contributed by atoms with Gasteiger partial charge in [0.05, 0.1) is 18.1 Å². The Morgan fingerprint density at radius 1 is 1.05 bits per heavy atom. The molecule has 4 atom stereocenters. The minimum atomic E-state index is -0.924. The van der Waals surface area contributed by atoms with Gasteiger partial charge in [0, 0.05) is 5.57 Å². The predicted molar refractivity (Wildman–Crippen MR) is 79.0 cm³/mol. The van der Waals surface area contributed by atoms with E-state index in [2.05, 4.69) is 0 Å². The van der Waals surface area contributed by atoms with Crippen molar-refractivity contribution in [2.24, 2.45) is 16.7 Å². The molecule has 0 amide bonds. The number of hydrogen-bond donors (Lipinski definition) is 2. The summed E-state index contributed by atoms with van der Waals surface area (Å²) in [6.45, 7) is 3.47. The van der Waals surface area contributed by atoms with E-state index in [9.17, 15) is 19.8 Å². The van der Waals surface area contributed by atoms with Gasteiger partial charge in [-0.05, 0) is 63.7 Å². The molecule has 122 valence electrons. The Morgan fingerprint density at radius 3 is 2.18 bits per heavy atom. The molecule has 2 N–H and O–H groups in total. The number of esters is 1. The zero-order valence-electron chi connectivity index (χ0n) is 13.4. The number of aliphatic carboxylic acids is 1. The Balaban J connectivity index is 2.09. The highest BCUT2D eigenvalue weighted by molar-refractivity contribution is 5.87. The van der Waals surface area contributed by atoms with E-state index >= 15 is 0 Å². The number of allylic oxidation sites excluding steroid dienone is 1. The molecule has 0 spiro atoms. The van der Waals surface area contributed by atoms with Crippen molar-refractivity contribution in [1.82, 2.24) is 0 Å². The van der Waals surface area contributed by atoms with Crippen LogP contribution in [0.4, 0.5) is 0 Å². The lowest BCUT2D eigenvalue weighted by atomic mass is 9.41. The molecular formula is C17H24O5. The number of carbonyl (C=O) groups is 2. The highest BCUT2D eigenvalue weighted by atomic mass is 16.5. The first-order valence-electron chi connectivity index (χ1n) is 7.87. The molecule has 0 heterocycles. The molecule has 0 aromatic heterocycles. The topological polar surface area (TPSA) is 83.8 Å². The van der Waals surface area contributed by atoms with E-state index in [0.717, 1.165) is 18.4 Å². The summed E-state index contributed by atoms with van der Waals surface area (Å²) in [7, 11) is 1.39. The summed E-state index contributed by atoms with van der Waals surface area (Å²) in [4.78, 5) is 23.8. The third kappa shape index (κ3) is 2.02. The van der Waals surface area contributed by atoms with Gasteiger partial charge >= 0.3 is 11.9 Å². The zero-order chi connectivity index (χ0) is 16.3. The number of carbonyl (C=O) groups excluding carboxylic acids is 1. The zero-order valence-corrected chi connectivity index (χ0v) is 13.4. The molecular weight excluding hydrogens is 284 g/mol. The molecule has 0 aromatic carbocycles. The van der Waals surface area contributed by atoms with Crippen LogP contribution < -0.4 is 0 Å². The smallest absolute Gasteiger partial charge is 0.331 e. The van der Waals surface area contributed by atoms with Crippen LogP contribution in [-0.2, 0) is 14.3 Å². The molecule has 4 fully saturated rings. The lowest BCUT2D eigenvalue weighted by Gasteiger charge is -2.64. The Kier molecular flexibility index (Phi) is 3.23. The summed E-state index contributed by atoms with van der Waals surface area (Å²) in [5, 5.41) is 20.3. The second-order valence-electron chi connectivity index (χ2n) is 7.84. The SMILES string of the molecule is COC(=O)C12CC3CC(O)(C1)CC(C(C)=C(C)C(=O)O)(C3)C2. The number of carboxylic acids is 1. The van der Waals surface area contributed by atoms with Crippen molar-refractivity contribution in [2.75, 3.05) is 7.11 Å². The maximum atomic E-state index is 12.4. The first-order valence-corrected chi connectivity index (χ1v) is 7.87. The third-order valence-corrected chi connectivity index (χ3v) is 6.34. The molecule has 5 heteroatoms. The normalized spacial score (nSPS) is 43.7. The van der Waals surface area contributed by atoms with E-state index in [0.29, 0.717) is 31.3 Å². The Bertz CT molecular complexity index is 580. The molecule has 4 saturated carbocycles. The van der Waals surface area contributed by atoms with Crippen molar-refractivity contribution in [3.8, 4) is 0 Å². The Labute approximate surface area is 130 Å². The molecule has 4 aliphatic carbocycles. The van der Waals surface area contributed by atoms with Crippen molar-refractivity contribution in [3.05, 3.63) is 11.1 Å². The van der Waals surface area contributed by atoms with Crippen molar-refractivity contribution < 1.29 is 24.5 Å². The van der Waals surface area contributed by atoms with Crippen LogP contribution >= 0.6 is 0 Å². The van der Waals surface area contributed by atoms with Crippen LogP contribution in [0.5, 0.6) is 0 Å². The first kappa shape index (κ1) is 15.5. The van der Waals surface area contributed by atoms with Crippen molar-refractivity contribution in [3.63, 3.8) is 0 Å². The van der Waals surface area contributed by atoms with E-state index in [1.807, 2.05) is 6.92 Å². The summed E-state index contributed by atoms with van der Waals surface area (Å²) < 4.78 is 5.03. The van der Waals surface area contributed by atoms with Crippen LogP contribution in [0.3, 0.4) is 0 Å². The first-order chi connectivity index (χ1) is 10.2. The fraction of sp³-hybridized carbons (Fsp3) is 0.765. The van der Waals surface area contributed by atoms with Crippen LogP contribution in [0.2, 0.25) is 0 Å². The summed E-state index contributed by atoms with van der Waals surface area (Å²) in [5.74, 6) is -0.913. The van der Waals surface area contributed by atoms with E-state index < -0.39 is 17.0 Å². The van der Waals surface area contributed by atoms with Gasteiger partial charge < -0.3 is 14.9 Å². The molecule has 4 bridgehead atoms. The summed E-state index contributed by atoms with van der Waals surface area (Å²) in [6, 6.07) is 0. The summed E-state index contributed by atoms with van der Waals surface area (Å²) in [6.07, 6.45) is 3.94. The van der Waals surface area contributed by atoms with E-state index in [1.54, 1.807) is 6.92 Å². The summed E-state index contributed by atoms with van der Waals surface area (Å²) in [5.41, 5.74) is -0.747. The van der Waals surface area contributed by atoms with Gasteiger partial charge in [-0.1, -0.05) is 5.57 Å². The average Bonchev–Trinajstić information content (AvgIpc) is 2.41. The van der Waals surface area contributed by atoms with Crippen LogP contribution in [0.25, 0.3) is 0 Å². The number of aliphatic hydroxyl groups is 1. The lowest BCUT2D eigenvalue weighted by Crippen LogP contribution is -2.62. The minimum Gasteiger partial charge on any atom is -0.478 e. The van der Waals surface area contributed by atoms with Crippen LogP contribution in [0.15, 0.2) is 11.1 Å². The van der Waals surface area contributed by atoms with Gasteiger partial charge in [-0.15, -0.1) is 0 Å². The monoisotopic (exact) mass is 308 g/mol. The fourth-order valence-corrected chi connectivity index (χ4v) is 5.81. The highest BCUT2D eigenvalue weighted by Crippen LogP contribution is 2.69. The van der Waals surface area contributed by atoms with Crippen LogP contribution in [-0.4, -0.2) is 34.9 Å². The lowest BCUT2D eigenvalue weighted by molar-refractivity contribution is -0.208. The van der Waals surface area contributed by atoms with Gasteiger partial charge in [-0.2, -0.15) is 0 Å². The number of methoxy groups -OCH3 is 1. The molecule has 0 aromatic rings. The molecule has 0 aliphatic heterocycles. The predicted octanol–water partition coefficient (Wildman–Crippen LogP) is 2.28. The van der Waals surface area contributed by atoms with Crippen molar-refractivity contribution >= 4 is 11.9 Å². The van der Waals surface area contributed by atoms with Gasteiger partial charge in [0.1, 0.15) is 0 Å². The van der Waals surface area contributed by atoms with Crippen molar-refractivity contribution in [1.29, 1.82) is 0 Å². The van der Waals surface area contributed by atoms with E-state index in [1.165, 1.54) is 7.11 Å². The van der Waals surface area contributed by atoms with Gasteiger partial charge in [0.15, 0.2) is 0 Å². The molecule has 22 heavy (non-hydrogen) atoms. The molecule has 0 radical (unpaired) electrons. The second-order valence-corrected chi connectivity index (χ2v) is 7.84. The molecule has 5 nitrogen and oxygen atoms in total. The van der Waals surface area contributed by atoms with Gasteiger partial charge in [0.25, 0.3) is 0 Å². The van der Waals surface area contributed by atoms with E-state index in [-0.39, 0.29) is 17.3 Å². The number of ether oxygens (including phenoxy) is 1.